The number of halogens is 1. The van der Waals surface area contributed by atoms with E-state index in [0.29, 0.717) is 33.9 Å². The van der Waals surface area contributed by atoms with Gasteiger partial charge in [-0.1, -0.05) is 18.0 Å². The first-order valence-electron chi connectivity index (χ1n) is 6.70. The van der Waals surface area contributed by atoms with Crippen molar-refractivity contribution in [1.29, 1.82) is 0 Å². The van der Waals surface area contributed by atoms with Crippen LogP contribution in [0.4, 0.5) is 11.4 Å². The highest BCUT2D eigenvalue weighted by atomic mass is 35.5. The molecular formula is C14H18ClN3O. The lowest BCUT2D eigenvalue weighted by Crippen LogP contribution is -2.27. The van der Waals surface area contributed by atoms with E-state index in [1.165, 1.54) is 19.3 Å². The van der Waals surface area contributed by atoms with E-state index in [-0.39, 0.29) is 0 Å². The molecule has 2 saturated carbocycles. The number of anilines is 2. The van der Waals surface area contributed by atoms with Gasteiger partial charge in [-0.15, -0.1) is 0 Å². The lowest BCUT2D eigenvalue weighted by Gasteiger charge is -2.25. The molecule has 3 rings (SSSR count). The van der Waals surface area contributed by atoms with Crippen LogP contribution in [0.1, 0.15) is 36.0 Å². The standard InChI is InChI=1S/C14H18ClN3O/c15-11-6-9(16)5-10(14(17)19)13(11)18-12-4-7-1-2-8(12)3-7/h5-8,12,18H,1-4,16H2,(H2,17,19). The molecule has 5 N–H and O–H groups in total. The molecule has 0 aromatic heterocycles. The van der Waals surface area contributed by atoms with Crippen molar-refractivity contribution in [3.05, 3.63) is 22.7 Å². The summed E-state index contributed by atoms with van der Waals surface area (Å²) in [5.41, 5.74) is 12.6. The smallest absolute Gasteiger partial charge is 0.250 e. The van der Waals surface area contributed by atoms with Gasteiger partial charge in [0.15, 0.2) is 0 Å². The highest BCUT2D eigenvalue weighted by Crippen LogP contribution is 2.46. The van der Waals surface area contributed by atoms with Crippen LogP contribution < -0.4 is 16.8 Å². The minimum absolute atomic E-state index is 0.382. The van der Waals surface area contributed by atoms with Gasteiger partial charge < -0.3 is 16.8 Å². The number of nitrogen functional groups attached to an aromatic ring is 1. The number of amides is 1. The topological polar surface area (TPSA) is 81.1 Å². The van der Waals surface area contributed by atoms with E-state index in [9.17, 15) is 4.79 Å². The zero-order chi connectivity index (χ0) is 13.6. The van der Waals surface area contributed by atoms with Crippen LogP contribution in [0.3, 0.4) is 0 Å². The van der Waals surface area contributed by atoms with Gasteiger partial charge in [0.05, 0.1) is 16.3 Å². The Hall–Kier alpha value is -1.42. The van der Waals surface area contributed by atoms with Crippen LogP contribution >= 0.6 is 11.6 Å². The van der Waals surface area contributed by atoms with Gasteiger partial charge in [-0.2, -0.15) is 0 Å². The molecule has 3 atom stereocenters. The summed E-state index contributed by atoms with van der Waals surface area (Å²) in [4.78, 5) is 11.5. The molecule has 1 amide bonds. The number of carbonyl (C=O) groups excluding carboxylic acids is 1. The van der Waals surface area contributed by atoms with Crippen molar-refractivity contribution in [3.63, 3.8) is 0 Å². The van der Waals surface area contributed by atoms with Crippen LogP contribution in [0.25, 0.3) is 0 Å². The fraction of sp³-hybridized carbons (Fsp3) is 0.500. The molecule has 0 radical (unpaired) electrons. The van der Waals surface area contributed by atoms with Crippen molar-refractivity contribution in [2.24, 2.45) is 17.6 Å². The molecule has 0 saturated heterocycles. The molecule has 102 valence electrons. The monoisotopic (exact) mass is 279 g/mol. The summed E-state index contributed by atoms with van der Waals surface area (Å²) >= 11 is 6.21. The Labute approximate surface area is 117 Å². The summed E-state index contributed by atoms with van der Waals surface area (Å²) < 4.78 is 0. The number of primary amides is 1. The molecule has 5 heteroatoms. The minimum Gasteiger partial charge on any atom is -0.399 e. The highest BCUT2D eigenvalue weighted by Gasteiger charge is 2.39. The molecule has 4 nitrogen and oxygen atoms in total. The van der Waals surface area contributed by atoms with Crippen LogP contribution in [0, 0.1) is 11.8 Å². The number of hydrogen-bond acceptors (Lipinski definition) is 3. The molecule has 2 fully saturated rings. The van der Waals surface area contributed by atoms with Crippen LogP contribution in [0.5, 0.6) is 0 Å². The molecule has 19 heavy (non-hydrogen) atoms. The van der Waals surface area contributed by atoms with Crippen molar-refractivity contribution in [2.75, 3.05) is 11.1 Å². The van der Waals surface area contributed by atoms with Crippen molar-refractivity contribution in [3.8, 4) is 0 Å². The fourth-order valence-electron chi connectivity index (χ4n) is 3.58. The van der Waals surface area contributed by atoms with Crippen molar-refractivity contribution < 1.29 is 4.79 Å². The quantitative estimate of drug-likeness (QED) is 0.744. The second-order valence-electron chi connectivity index (χ2n) is 5.72. The number of benzene rings is 1. The first-order chi connectivity index (χ1) is 9.04. The third-order valence-electron chi connectivity index (χ3n) is 4.45. The third-order valence-corrected chi connectivity index (χ3v) is 4.74. The maximum Gasteiger partial charge on any atom is 0.250 e. The summed E-state index contributed by atoms with van der Waals surface area (Å²) in [6.07, 6.45) is 5.04. The number of rotatable bonds is 3. The summed E-state index contributed by atoms with van der Waals surface area (Å²) in [6.45, 7) is 0. The predicted molar refractivity (Wildman–Crippen MR) is 77.2 cm³/mol. The van der Waals surface area contributed by atoms with E-state index in [4.69, 9.17) is 23.1 Å². The van der Waals surface area contributed by atoms with E-state index in [0.717, 1.165) is 12.3 Å². The minimum atomic E-state index is -0.500. The largest absolute Gasteiger partial charge is 0.399 e. The van der Waals surface area contributed by atoms with Gasteiger partial charge in [-0.05, 0) is 43.2 Å². The Bertz CT molecular complexity index is 532. The average Bonchev–Trinajstić information content (AvgIpc) is 2.93. The van der Waals surface area contributed by atoms with E-state index < -0.39 is 5.91 Å². The van der Waals surface area contributed by atoms with Gasteiger partial charge in [0.1, 0.15) is 0 Å². The molecule has 1 aromatic carbocycles. The second kappa shape index (κ2) is 4.60. The SMILES string of the molecule is NC(=O)c1cc(N)cc(Cl)c1NC1CC2CCC1C2. The number of nitrogens with one attached hydrogen (secondary N) is 1. The first-order valence-corrected chi connectivity index (χ1v) is 7.07. The normalized spacial score (nSPS) is 28.6. The molecule has 2 aliphatic carbocycles. The average molecular weight is 280 g/mol. The maximum absolute atomic E-state index is 11.5. The van der Waals surface area contributed by atoms with Gasteiger partial charge in [0.25, 0.3) is 5.91 Å². The Balaban J connectivity index is 1.89. The fourth-order valence-corrected chi connectivity index (χ4v) is 3.86. The Morgan fingerprint density at radius 2 is 2.11 bits per heavy atom. The molecule has 1 aromatic rings. The summed E-state index contributed by atoms with van der Waals surface area (Å²) in [7, 11) is 0. The van der Waals surface area contributed by atoms with Gasteiger partial charge in [-0.25, -0.2) is 0 Å². The van der Waals surface area contributed by atoms with Crippen LogP contribution in [-0.2, 0) is 0 Å². The number of nitrogens with two attached hydrogens (primary N) is 2. The molecular weight excluding hydrogens is 262 g/mol. The maximum atomic E-state index is 11.5. The zero-order valence-corrected chi connectivity index (χ0v) is 11.4. The van der Waals surface area contributed by atoms with E-state index in [1.807, 2.05) is 0 Å². The summed E-state index contributed by atoms with van der Waals surface area (Å²) in [5, 5.41) is 3.90. The summed E-state index contributed by atoms with van der Waals surface area (Å²) in [6, 6.07) is 3.64. The van der Waals surface area contributed by atoms with E-state index >= 15 is 0 Å². The molecule has 3 unspecified atom stereocenters. The number of carbonyl (C=O) groups is 1. The molecule has 2 aliphatic rings. The Morgan fingerprint density at radius 3 is 2.68 bits per heavy atom. The second-order valence-corrected chi connectivity index (χ2v) is 6.12. The van der Waals surface area contributed by atoms with Crippen molar-refractivity contribution in [2.45, 2.75) is 31.7 Å². The van der Waals surface area contributed by atoms with E-state index in [1.54, 1.807) is 12.1 Å². The van der Waals surface area contributed by atoms with Crippen molar-refractivity contribution in [1.82, 2.24) is 0 Å². The lowest BCUT2D eigenvalue weighted by atomic mass is 9.95. The molecule has 0 heterocycles. The molecule has 0 spiro atoms. The zero-order valence-electron chi connectivity index (χ0n) is 10.7. The Kier molecular flexibility index (Phi) is 3.05. The van der Waals surface area contributed by atoms with Crippen molar-refractivity contribution >= 4 is 28.9 Å². The van der Waals surface area contributed by atoms with Gasteiger partial charge in [-0.3, -0.25) is 4.79 Å². The number of hydrogen-bond donors (Lipinski definition) is 3. The van der Waals surface area contributed by atoms with E-state index in [2.05, 4.69) is 5.32 Å². The van der Waals surface area contributed by atoms with Gasteiger partial charge >= 0.3 is 0 Å². The molecule has 2 bridgehead atoms. The first kappa shape index (κ1) is 12.6. The third kappa shape index (κ3) is 2.25. The molecule has 0 aliphatic heterocycles. The predicted octanol–water partition coefficient (Wildman–Crippen LogP) is 2.62. The van der Waals surface area contributed by atoms with Gasteiger partial charge in [0.2, 0.25) is 0 Å². The summed E-state index contributed by atoms with van der Waals surface area (Å²) in [5.74, 6) is 1.02. The number of fused-ring (bicyclic) bond motifs is 2. The van der Waals surface area contributed by atoms with Crippen LogP contribution in [0.2, 0.25) is 5.02 Å². The van der Waals surface area contributed by atoms with Gasteiger partial charge in [0, 0.05) is 11.7 Å². The lowest BCUT2D eigenvalue weighted by molar-refractivity contribution is 0.100. The van der Waals surface area contributed by atoms with Crippen LogP contribution in [0.15, 0.2) is 12.1 Å². The Morgan fingerprint density at radius 1 is 1.32 bits per heavy atom. The van der Waals surface area contributed by atoms with Crippen LogP contribution in [-0.4, -0.2) is 11.9 Å². The highest BCUT2D eigenvalue weighted by molar-refractivity contribution is 6.34.